The Balaban J connectivity index is 1.86. The van der Waals surface area contributed by atoms with Crippen molar-refractivity contribution >= 4 is 5.91 Å². The Hall–Kier alpha value is -1.46. The van der Waals surface area contributed by atoms with Gasteiger partial charge in [-0.1, -0.05) is 18.2 Å². The van der Waals surface area contributed by atoms with Crippen molar-refractivity contribution in [2.24, 2.45) is 0 Å². The van der Waals surface area contributed by atoms with Crippen molar-refractivity contribution in [1.29, 1.82) is 0 Å². The maximum absolute atomic E-state index is 13.4. The molecule has 0 radical (unpaired) electrons. The lowest BCUT2D eigenvalue weighted by molar-refractivity contribution is -0.123. The van der Waals surface area contributed by atoms with Gasteiger partial charge in [-0.15, -0.1) is 0 Å². The second-order valence-corrected chi connectivity index (χ2v) is 4.43. The summed E-state index contributed by atoms with van der Waals surface area (Å²) < 4.78 is 13.4. The van der Waals surface area contributed by atoms with Gasteiger partial charge < -0.3 is 15.7 Å². The second-order valence-electron chi connectivity index (χ2n) is 4.43. The molecule has 98 valence electrons. The van der Waals surface area contributed by atoms with Gasteiger partial charge in [-0.25, -0.2) is 4.39 Å². The fraction of sp³-hybridized carbons (Fsp3) is 0.462. The van der Waals surface area contributed by atoms with E-state index in [-0.39, 0.29) is 24.1 Å². The molecule has 0 aromatic heterocycles. The first-order valence-corrected chi connectivity index (χ1v) is 6.12. The fourth-order valence-electron chi connectivity index (χ4n) is 2.08. The topological polar surface area (TPSA) is 61.4 Å². The number of benzene rings is 1. The number of aliphatic hydroxyl groups excluding tert-OH is 1. The standard InChI is InChI=1S/C13H17FN2O2/c14-10-5-2-1-4-9(10)12(17)8-16-13(18)11-6-3-7-15-11/h1-2,4-5,11-12,15,17H,3,6-8H2,(H,16,18)/t11-,12?/m0/s1. The minimum Gasteiger partial charge on any atom is -0.386 e. The van der Waals surface area contributed by atoms with Crippen LogP contribution in [0.25, 0.3) is 0 Å². The Kier molecular flexibility index (Phi) is 4.28. The molecular weight excluding hydrogens is 235 g/mol. The van der Waals surface area contributed by atoms with Crippen molar-refractivity contribution in [2.75, 3.05) is 13.1 Å². The quantitative estimate of drug-likeness (QED) is 0.740. The van der Waals surface area contributed by atoms with Crippen LogP contribution in [-0.2, 0) is 4.79 Å². The molecule has 3 N–H and O–H groups in total. The van der Waals surface area contributed by atoms with E-state index in [1.807, 2.05) is 0 Å². The highest BCUT2D eigenvalue weighted by molar-refractivity contribution is 5.82. The van der Waals surface area contributed by atoms with E-state index in [1.165, 1.54) is 12.1 Å². The molecule has 1 fully saturated rings. The van der Waals surface area contributed by atoms with Crippen LogP contribution in [0, 0.1) is 5.82 Å². The second kappa shape index (κ2) is 5.93. The molecule has 18 heavy (non-hydrogen) atoms. The maximum Gasteiger partial charge on any atom is 0.237 e. The first kappa shape index (κ1) is 13.0. The summed E-state index contributed by atoms with van der Waals surface area (Å²) in [6, 6.07) is 5.84. The third kappa shape index (κ3) is 3.05. The van der Waals surface area contributed by atoms with Gasteiger partial charge in [0.05, 0.1) is 12.1 Å². The largest absolute Gasteiger partial charge is 0.386 e. The van der Waals surface area contributed by atoms with Gasteiger partial charge >= 0.3 is 0 Å². The number of halogens is 1. The molecule has 1 aliphatic heterocycles. The number of amides is 1. The highest BCUT2D eigenvalue weighted by Crippen LogP contribution is 2.15. The summed E-state index contributed by atoms with van der Waals surface area (Å²) in [7, 11) is 0. The van der Waals surface area contributed by atoms with Crippen LogP contribution in [0.4, 0.5) is 4.39 Å². The van der Waals surface area contributed by atoms with Gasteiger partial charge in [-0.3, -0.25) is 4.79 Å². The molecular formula is C13H17FN2O2. The van der Waals surface area contributed by atoms with Crippen molar-refractivity contribution in [3.05, 3.63) is 35.6 Å². The summed E-state index contributed by atoms with van der Waals surface area (Å²) in [4.78, 5) is 11.7. The van der Waals surface area contributed by atoms with Gasteiger partial charge in [0.15, 0.2) is 0 Å². The summed E-state index contributed by atoms with van der Waals surface area (Å²) >= 11 is 0. The van der Waals surface area contributed by atoms with Gasteiger partial charge in [-0.2, -0.15) is 0 Å². The van der Waals surface area contributed by atoms with E-state index < -0.39 is 11.9 Å². The predicted octanol–water partition coefficient (Wildman–Crippen LogP) is 0.727. The third-order valence-corrected chi connectivity index (χ3v) is 3.11. The number of aliphatic hydroxyl groups is 1. The smallest absolute Gasteiger partial charge is 0.237 e. The number of carbonyl (C=O) groups excluding carboxylic acids is 1. The molecule has 0 bridgehead atoms. The molecule has 0 spiro atoms. The summed E-state index contributed by atoms with van der Waals surface area (Å²) in [5.41, 5.74) is 0.206. The highest BCUT2D eigenvalue weighted by atomic mass is 19.1. The maximum atomic E-state index is 13.4. The van der Waals surface area contributed by atoms with Crippen LogP contribution in [0.15, 0.2) is 24.3 Å². The monoisotopic (exact) mass is 252 g/mol. The zero-order valence-corrected chi connectivity index (χ0v) is 10.0. The predicted molar refractivity (Wildman–Crippen MR) is 65.4 cm³/mol. The van der Waals surface area contributed by atoms with Crippen molar-refractivity contribution in [3.63, 3.8) is 0 Å². The highest BCUT2D eigenvalue weighted by Gasteiger charge is 2.22. The zero-order chi connectivity index (χ0) is 13.0. The van der Waals surface area contributed by atoms with E-state index in [2.05, 4.69) is 10.6 Å². The van der Waals surface area contributed by atoms with E-state index in [1.54, 1.807) is 12.1 Å². The molecule has 1 amide bonds. The van der Waals surface area contributed by atoms with E-state index in [4.69, 9.17) is 0 Å². The van der Waals surface area contributed by atoms with Crippen LogP contribution in [0.3, 0.4) is 0 Å². The molecule has 1 aromatic carbocycles. The molecule has 0 aliphatic carbocycles. The normalized spacial score (nSPS) is 20.7. The van der Waals surface area contributed by atoms with E-state index in [9.17, 15) is 14.3 Å². The van der Waals surface area contributed by atoms with Gasteiger partial charge in [0.25, 0.3) is 0 Å². The zero-order valence-electron chi connectivity index (χ0n) is 10.0. The third-order valence-electron chi connectivity index (χ3n) is 3.11. The Morgan fingerprint density at radius 2 is 2.33 bits per heavy atom. The van der Waals surface area contributed by atoms with Crippen LogP contribution in [0.1, 0.15) is 24.5 Å². The number of rotatable bonds is 4. The minimum atomic E-state index is -1.02. The molecule has 0 saturated carbocycles. The molecule has 1 unspecified atom stereocenters. The average Bonchev–Trinajstić information content (AvgIpc) is 2.90. The van der Waals surface area contributed by atoms with E-state index >= 15 is 0 Å². The summed E-state index contributed by atoms with van der Waals surface area (Å²) in [6.45, 7) is 0.867. The van der Waals surface area contributed by atoms with Crippen LogP contribution in [0.2, 0.25) is 0 Å². The first-order valence-electron chi connectivity index (χ1n) is 6.12. The van der Waals surface area contributed by atoms with Gasteiger partial charge in [0.2, 0.25) is 5.91 Å². The lowest BCUT2D eigenvalue weighted by Gasteiger charge is -2.15. The van der Waals surface area contributed by atoms with Crippen molar-refractivity contribution in [2.45, 2.75) is 25.0 Å². The van der Waals surface area contributed by atoms with Gasteiger partial charge in [0.1, 0.15) is 5.82 Å². The molecule has 1 aromatic rings. The Morgan fingerprint density at radius 3 is 3.00 bits per heavy atom. The average molecular weight is 252 g/mol. The summed E-state index contributed by atoms with van der Waals surface area (Å²) in [5, 5.41) is 15.5. The molecule has 4 nitrogen and oxygen atoms in total. The van der Waals surface area contributed by atoms with Crippen molar-refractivity contribution in [1.82, 2.24) is 10.6 Å². The Bertz CT molecular complexity index is 419. The molecule has 1 heterocycles. The molecule has 1 saturated heterocycles. The van der Waals surface area contributed by atoms with Crippen LogP contribution >= 0.6 is 0 Å². The lowest BCUT2D eigenvalue weighted by atomic mass is 10.1. The van der Waals surface area contributed by atoms with Gasteiger partial charge in [0, 0.05) is 12.1 Å². The van der Waals surface area contributed by atoms with Crippen LogP contribution < -0.4 is 10.6 Å². The van der Waals surface area contributed by atoms with E-state index in [0.717, 1.165) is 19.4 Å². The molecule has 5 heteroatoms. The van der Waals surface area contributed by atoms with Gasteiger partial charge in [-0.05, 0) is 25.5 Å². The number of carbonyl (C=O) groups is 1. The molecule has 2 rings (SSSR count). The molecule has 1 aliphatic rings. The first-order chi connectivity index (χ1) is 8.68. The number of nitrogens with one attached hydrogen (secondary N) is 2. The summed E-state index contributed by atoms with van der Waals surface area (Å²) in [5.74, 6) is -0.596. The number of hydrogen-bond donors (Lipinski definition) is 3. The van der Waals surface area contributed by atoms with Crippen molar-refractivity contribution < 1.29 is 14.3 Å². The van der Waals surface area contributed by atoms with Crippen LogP contribution in [-0.4, -0.2) is 30.1 Å². The van der Waals surface area contributed by atoms with Crippen LogP contribution in [0.5, 0.6) is 0 Å². The Morgan fingerprint density at radius 1 is 1.56 bits per heavy atom. The summed E-state index contributed by atoms with van der Waals surface area (Å²) in [6.07, 6.45) is 0.770. The SMILES string of the molecule is O=C(NCC(O)c1ccccc1F)[C@@H]1CCCN1. The Labute approximate surface area is 105 Å². The lowest BCUT2D eigenvalue weighted by Crippen LogP contribution is -2.41. The number of hydrogen-bond acceptors (Lipinski definition) is 3. The minimum absolute atomic E-state index is 0.0257. The molecule has 2 atom stereocenters. The van der Waals surface area contributed by atoms with Crippen molar-refractivity contribution in [3.8, 4) is 0 Å². The van der Waals surface area contributed by atoms with E-state index in [0.29, 0.717) is 0 Å². The fourth-order valence-corrected chi connectivity index (χ4v) is 2.08.